The summed E-state index contributed by atoms with van der Waals surface area (Å²) in [7, 11) is 0. The molecule has 4 rings (SSSR count). The quantitative estimate of drug-likeness (QED) is 0.213. The second-order valence-electron chi connectivity index (χ2n) is 8.02. The molecular weight excluding hydrogens is 476 g/mol. The van der Waals surface area contributed by atoms with E-state index in [1.54, 1.807) is 0 Å². The maximum Gasteiger partial charge on any atom is 0.445 e. The Morgan fingerprint density at radius 3 is 1.44 bits per heavy atom. The molecule has 2 atom stereocenters. The summed E-state index contributed by atoms with van der Waals surface area (Å²) in [6.07, 6.45) is -4.68. The van der Waals surface area contributed by atoms with E-state index in [2.05, 4.69) is 9.78 Å². The smallest absolute Gasteiger partial charge is 0.395 e. The summed E-state index contributed by atoms with van der Waals surface area (Å²) in [5, 5.41) is 41.5. The van der Waals surface area contributed by atoms with Crippen LogP contribution in [0.25, 0.3) is 0 Å². The third-order valence-corrected chi connectivity index (χ3v) is 5.66. The lowest BCUT2D eigenvalue weighted by atomic mass is 9.82. The highest BCUT2D eigenvalue weighted by Crippen LogP contribution is 2.53. The third kappa shape index (κ3) is 3.12. The molecule has 0 saturated carbocycles. The van der Waals surface area contributed by atoms with Crippen LogP contribution in [-0.2, 0) is 62.2 Å². The Morgan fingerprint density at radius 2 is 1.00 bits per heavy atom. The summed E-state index contributed by atoms with van der Waals surface area (Å²) >= 11 is 0. The lowest BCUT2D eigenvalue weighted by Crippen LogP contribution is -2.73. The molecule has 4 N–H and O–H groups in total. The van der Waals surface area contributed by atoms with Crippen LogP contribution >= 0.6 is 0 Å². The van der Waals surface area contributed by atoms with Crippen molar-refractivity contribution in [3.8, 4) is 0 Å². The van der Waals surface area contributed by atoms with E-state index >= 15 is 0 Å². The number of hydrogen-bond acceptors (Lipinski definition) is 17. The van der Waals surface area contributed by atoms with E-state index in [1.807, 2.05) is 0 Å². The van der Waals surface area contributed by atoms with E-state index in [0.717, 1.165) is 0 Å². The molecule has 4 bridgehead atoms. The fraction of sp³-hybridized carbons (Fsp3) is 0.647. The minimum atomic E-state index is -3.68. The number of rotatable bonds is 4. The zero-order valence-corrected chi connectivity index (χ0v) is 16.8. The molecule has 0 aliphatic carbocycles. The Kier molecular flexibility index (Phi) is 5.11. The molecule has 4 saturated heterocycles. The number of esters is 5. The molecule has 0 radical (unpaired) electrons. The van der Waals surface area contributed by atoms with Crippen molar-refractivity contribution in [2.75, 3.05) is 13.2 Å². The van der Waals surface area contributed by atoms with Gasteiger partial charge in [-0.25, -0.2) is 14.4 Å². The van der Waals surface area contributed by atoms with Gasteiger partial charge in [-0.1, -0.05) is 4.89 Å². The van der Waals surface area contributed by atoms with Gasteiger partial charge in [0.2, 0.25) is 5.41 Å². The van der Waals surface area contributed by atoms with Crippen LogP contribution in [0.15, 0.2) is 0 Å². The Bertz CT molecular complexity index is 976. The number of ether oxygens (including phenoxy) is 5. The van der Waals surface area contributed by atoms with Crippen molar-refractivity contribution in [3.63, 3.8) is 0 Å². The second-order valence-corrected chi connectivity index (χ2v) is 8.02. The molecule has 17 nitrogen and oxygen atoms in total. The van der Waals surface area contributed by atoms with Crippen LogP contribution < -0.4 is 0 Å². The number of fused-ring (bicyclic) bond motifs is 6. The van der Waals surface area contributed by atoms with Gasteiger partial charge in [0, 0.05) is 0 Å². The highest BCUT2D eigenvalue weighted by atomic mass is 17.3. The third-order valence-electron chi connectivity index (χ3n) is 5.66. The van der Waals surface area contributed by atoms with Crippen molar-refractivity contribution in [2.24, 2.45) is 5.41 Å². The van der Waals surface area contributed by atoms with Crippen LogP contribution in [-0.4, -0.2) is 92.6 Å². The molecule has 4 heterocycles. The van der Waals surface area contributed by atoms with Crippen molar-refractivity contribution in [1.82, 2.24) is 0 Å². The van der Waals surface area contributed by atoms with E-state index in [4.69, 9.17) is 23.7 Å². The molecule has 0 aromatic carbocycles. The standard InChI is InChI=1S/C17H16O17/c18-5-15(6-19,16-28-7(20)1-13(26,11(24)31-16)2-8(21)29-16)17-30-9(22)3-14(27,12(25)32-17)4-10(23)33-34-17/h18-19,26-27H,1-6H2. The van der Waals surface area contributed by atoms with Crippen molar-refractivity contribution >= 4 is 35.8 Å². The summed E-state index contributed by atoms with van der Waals surface area (Å²) in [5.74, 6) is -16.8. The van der Waals surface area contributed by atoms with Crippen LogP contribution in [0.2, 0.25) is 0 Å². The zero-order chi connectivity index (χ0) is 25.2. The molecular formula is C17H16O17. The summed E-state index contributed by atoms with van der Waals surface area (Å²) in [4.78, 5) is 83.7. The monoisotopic (exact) mass is 492 g/mol. The Balaban J connectivity index is 1.98. The lowest BCUT2D eigenvalue weighted by Gasteiger charge is -2.48. The first-order valence-corrected chi connectivity index (χ1v) is 9.46. The molecule has 34 heavy (non-hydrogen) atoms. The highest BCUT2D eigenvalue weighted by Gasteiger charge is 2.82. The number of aliphatic hydroxyl groups is 4. The Labute approximate surface area is 186 Å². The molecule has 4 aliphatic heterocycles. The first-order chi connectivity index (χ1) is 15.8. The molecule has 0 aromatic heterocycles. The summed E-state index contributed by atoms with van der Waals surface area (Å²) in [6, 6.07) is 0. The van der Waals surface area contributed by atoms with Gasteiger partial charge >= 0.3 is 47.8 Å². The zero-order valence-electron chi connectivity index (χ0n) is 16.8. The molecule has 0 amide bonds. The largest absolute Gasteiger partial charge is 0.445 e. The molecule has 186 valence electrons. The molecule has 0 spiro atoms. The van der Waals surface area contributed by atoms with E-state index in [-0.39, 0.29) is 0 Å². The fourth-order valence-electron chi connectivity index (χ4n) is 3.80. The topological polar surface area (TPSA) is 248 Å². The van der Waals surface area contributed by atoms with E-state index in [1.165, 1.54) is 0 Å². The molecule has 17 heteroatoms. The van der Waals surface area contributed by atoms with E-state index in [0.29, 0.717) is 0 Å². The minimum Gasteiger partial charge on any atom is -0.395 e. The Morgan fingerprint density at radius 1 is 0.618 bits per heavy atom. The predicted molar refractivity (Wildman–Crippen MR) is 88.1 cm³/mol. The summed E-state index contributed by atoms with van der Waals surface area (Å²) in [5.41, 5.74) is -9.00. The van der Waals surface area contributed by atoms with Gasteiger partial charge in [-0.05, 0) is 0 Å². The first kappa shape index (κ1) is 23.8. The number of aliphatic hydroxyl groups excluding tert-OH is 2. The van der Waals surface area contributed by atoms with Crippen LogP contribution in [0.3, 0.4) is 0 Å². The van der Waals surface area contributed by atoms with Gasteiger partial charge in [0.15, 0.2) is 11.2 Å². The molecule has 2 unspecified atom stereocenters. The SMILES string of the molecule is O=C1CC2(O)CC(=O)OC(C(CO)(CO)C34OC(=O)CC(O)(CC(=O)O3)C(=O)O4)(OO1)OC2=O. The van der Waals surface area contributed by atoms with Crippen LogP contribution in [0, 0.1) is 5.41 Å². The van der Waals surface area contributed by atoms with Crippen molar-refractivity contribution in [3.05, 3.63) is 0 Å². The van der Waals surface area contributed by atoms with Crippen molar-refractivity contribution < 1.29 is 82.7 Å². The number of carbonyl (C=O) groups is 6. The first-order valence-electron chi connectivity index (χ1n) is 9.46. The minimum absolute atomic E-state index is 1.15. The van der Waals surface area contributed by atoms with Gasteiger partial charge in [0.25, 0.3) is 0 Å². The average molecular weight is 492 g/mol. The highest BCUT2D eigenvalue weighted by molar-refractivity contribution is 5.93. The van der Waals surface area contributed by atoms with Gasteiger partial charge in [-0.2, -0.15) is 0 Å². The fourth-order valence-corrected chi connectivity index (χ4v) is 3.80. The number of carbonyl (C=O) groups excluding carboxylic acids is 6. The molecule has 4 fully saturated rings. The summed E-state index contributed by atoms with van der Waals surface area (Å²) < 4.78 is 24.4. The van der Waals surface area contributed by atoms with Gasteiger partial charge in [-0.3, -0.25) is 19.3 Å². The van der Waals surface area contributed by atoms with E-state index in [9.17, 15) is 49.2 Å². The maximum absolute atomic E-state index is 12.7. The molecule has 0 aromatic rings. The van der Waals surface area contributed by atoms with Crippen LogP contribution in [0.1, 0.15) is 25.7 Å². The van der Waals surface area contributed by atoms with Gasteiger partial charge < -0.3 is 44.1 Å². The predicted octanol–water partition coefficient (Wildman–Crippen LogP) is -4.47. The van der Waals surface area contributed by atoms with Crippen molar-refractivity contribution in [1.29, 1.82) is 0 Å². The van der Waals surface area contributed by atoms with Gasteiger partial charge in [0.05, 0.1) is 38.9 Å². The van der Waals surface area contributed by atoms with Crippen LogP contribution in [0.4, 0.5) is 0 Å². The van der Waals surface area contributed by atoms with E-state index < -0.39 is 103 Å². The molecule has 4 aliphatic rings. The average Bonchev–Trinajstić information content (AvgIpc) is 2.88. The van der Waals surface area contributed by atoms with Crippen molar-refractivity contribution in [2.45, 2.75) is 48.8 Å². The normalized spacial score (nSPS) is 38.1. The van der Waals surface area contributed by atoms with Crippen LogP contribution in [0.5, 0.6) is 0 Å². The lowest BCUT2D eigenvalue weighted by molar-refractivity contribution is -0.545. The maximum atomic E-state index is 12.7. The summed E-state index contributed by atoms with van der Waals surface area (Å²) in [6.45, 7) is -3.40. The van der Waals surface area contributed by atoms with Gasteiger partial charge in [-0.15, -0.1) is 0 Å². The Hall–Kier alpha value is -3.38. The second kappa shape index (κ2) is 7.31. The number of hydrogen-bond donors (Lipinski definition) is 4. The van der Waals surface area contributed by atoms with Gasteiger partial charge in [0.1, 0.15) is 0 Å².